The van der Waals surface area contributed by atoms with Crippen LogP contribution in [0.25, 0.3) is 6.08 Å². The molecule has 7 nitrogen and oxygen atoms in total. The Morgan fingerprint density at radius 1 is 0.778 bits per heavy atom. The molecule has 0 radical (unpaired) electrons. The maximum atomic E-state index is 11.7. The van der Waals surface area contributed by atoms with E-state index in [1.54, 1.807) is 32.4 Å². The summed E-state index contributed by atoms with van der Waals surface area (Å²) in [6.45, 7) is 7.88. The Balaban J connectivity index is 2.27. The Morgan fingerprint density at radius 3 is 1.75 bits per heavy atom. The number of carboxylic acid groups (broad SMARTS) is 1. The molecule has 1 N–H and O–H groups in total. The van der Waals surface area contributed by atoms with Crippen molar-refractivity contribution in [3.63, 3.8) is 0 Å². The molecule has 0 aliphatic rings. The summed E-state index contributed by atoms with van der Waals surface area (Å²) in [6.07, 6.45) is 12.5. The van der Waals surface area contributed by atoms with Gasteiger partial charge in [0.15, 0.2) is 11.5 Å². The number of hydrogen-bond acceptors (Lipinski definition) is 6. The second kappa shape index (κ2) is 19.3. The minimum absolute atomic E-state index is 0.424. The molecule has 0 aliphatic carbocycles. The molecular formula is C28H48O7Si. The number of carbonyl (C=O) groups is 1. The third-order valence-corrected chi connectivity index (χ3v) is 9.20. The van der Waals surface area contributed by atoms with Crippen molar-refractivity contribution in [1.82, 2.24) is 0 Å². The van der Waals surface area contributed by atoms with Crippen LogP contribution in [0, 0.1) is 0 Å². The van der Waals surface area contributed by atoms with Crippen molar-refractivity contribution in [2.24, 2.45) is 0 Å². The molecule has 0 bridgehead atoms. The monoisotopic (exact) mass is 524 g/mol. The summed E-state index contributed by atoms with van der Waals surface area (Å²) < 4.78 is 28.3. The van der Waals surface area contributed by atoms with E-state index < -0.39 is 14.8 Å². The number of ether oxygens (including phenoxy) is 2. The second-order valence-electron chi connectivity index (χ2n) is 8.75. The standard InChI is InChI=1S/C28H48O7Si/c1-6-33-36(34-7-2,35-8-3)21-17-15-13-11-9-10-12-14-16-18-25(28(29)30)22-24-19-20-26(31-4)27(23-24)32-5/h19-20,22-23H,6-18,21H2,1-5H3,(H,29,30)/b25-22+. The lowest BCUT2D eigenvalue weighted by atomic mass is 10.0. The maximum absolute atomic E-state index is 11.7. The summed E-state index contributed by atoms with van der Waals surface area (Å²) in [4.78, 5) is 11.7. The normalized spacial score (nSPS) is 12.1. The number of methoxy groups -OCH3 is 2. The molecule has 0 fully saturated rings. The molecule has 0 aromatic heterocycles. The summed E-state index contributed by atoms with van der Waals surface area (Å²) in [5, 5.41) is 9.60. The fourth-order valence-electron chi connectivity index (χ4n) is 4.28. The van der Waals surface area contributed by atoms with Gasteiger partial charge in [-0.1, -0.05) is 51.0 Å². The molecule has 0 atom stereocenters. The lowest BCUT2D eigenvalue weighted by Crippen LogP contribution is -2.45. The Hall–Kier alpha value is -1.87. The zero-order valence-corrected chi connectivity index (χ0v) is 24.1. The first-order valence-corrected chi connectivity index (χ1v) is 15.5. The van der Waals surface area contributed by atoms with E-state index in [1.165, 1.54) is 32.1 Å². The number of unbranched alkanes of at least 4 members (excludes halogenated alkanes) is 8. The summed E-state index contributed by atoms with van der Waals surface area (Å²) in [7, 11) is 0.657. The second-order valence-corrected chi connectivity index (χ2v) is 11.5. The zero-order valence-electron chi connectivity index (χ0n) is 23.1. The van der Waals surface area contributed by atoms with Crippen LogP contribution in [0.3, 0.4) is 0 Å². The van der Waals surface area contributed by atoms with Gasteiger partial charge in [-0.2, -0.15) is 0 Å². The number of aliphatic carboxylic acids is 1. The minimum atomic E-state index is -2.50. The van der Waals surface area contributed by atoms with Gasteiger partial charge in [-0.05, 0) is 63.8 Å². The molecule has 0 saturated heterocycles. The van der Waals surface area contributed by atoms with Gasteiger partial charge in [-0.15, -0.1) is 0 Å². The fourth-order valence-corrected chi connectivity index (χ4v) is 6.97. The van der Waals surface area contributed by atoms with Gasteiger partial charge in [-0.25, -0.2) is 4.79 Å². The Labute approximate surface area is 219 Å². The number of hydrogen-bond donors (Lipinski definition) is 1. The predicted molar refractivity (Wildman–Crippen MR) is 147 cm³/mol. The summed E-state index contributed by atoms with van der Waals surface area (Å²) >= 11 is 0. The van der Waals surface area contributed by atoms with Crippen molar-refractivity contribution in [2.45, 2.75) is 91.0 Å². The van der Waals surface area contributed by atoms with E-state index >= 15 is 0 Å². The quantitative estimate of drug-likeness (QED) is 0.0982. The van der Waals surface area contributed by atoms with Gasteiger partial charge in [0.2, 0.25) is 0 Å². The SMILES string of the molecule is CCO[Si](CCCCCCCCCCC/C(=C\c1ccc(OC)c(OC)c1)C(=O)O)(OCC)OCC. The van der Waals surface area contributed by atoms with Gasteiger partial charge in [0.25, 0.3) is 0 Å². The van der Waals surface area contributed by atoms with Crippen molar-refractivity contribution in [2.75, 3.05) is 34.0 Å². The molecule has 0 unspecified atom stereocenters. The van der Waals surface area contributed by atoms with Crippen LogP contribution in [0.1, 0.15) is 90.5 Å². The third-order valence-electron chi connectivity index (χ3n) is 6.05. The first-order chi connectivity index (χ1) is 17.4. The van der Waals surface area contributed by atoms with Crippen molar-refractivity contribution in [3.05, 3.63) is 29.3 Å². The van der Waals surface area contributed by atoms with Crippen molar-refractivity contribution in [1.29, 1.82) is 0 Å². The third kappa shape index (κ3) is 12.4. The summed E-state index contributed by atoms with van der Waals surface area (Å²) in [5.41, 5.74) is 1.22. The van der Waals surface area contributed by atoms with E-state index in [4.69, 9.17) is 22.8 Å². The van der Waals surface area contributed by atoms with Crippen LogP contribution in [0.15, 0.2) is 23.8 Å². The average Bonchev–Trinajstić information content (AvgIpc) is 2.86. The molecule has 36 heavy (non-hydrogen) atoms. The van der Waals surface area contributed by atoms with Crippen LogP contribution >= 0.6 is 0 Å². The van der Waals surface area contributed by atoms with E-state index in [9.17, 15) is 9.90 Å². The molecular weight excluding hydrogens is 476 g/mol. The highest BCUT2D eigenvalue weighted by atomic mass is 28.4. The lowest BCUT2D eigenvalue weighted by molar-refractivity contribution is -0.132. The van der Waals surface area contributed by atoms with Gasteiger partial charge < -0.3 is 27.9 Å². The molecule has 0 saturated carbocycles. The van der Waals surface area contributed by atoms with E-state index in [-0.39, 0.29) is 0 Å². The molecule has 8 heteroatoms. The van der Waals surface area contributed by atoms with Gasteiger partial charge in [0.1, 0.15) is 0 Å². The predicted octanol–water partition coefficient (Wildman–Crippen LogP) is 7.12. The molecule has 1 aromatic rings. The lowest BCUT2D eigenvalue weighted by Gasteiger charge is -2.28. The smallest absolute Gasteiger partial charge is 0.493 e. The van der Waals surface area contributed by atoms with Gasteiger partial charge in [0, 0.05) is 31.4 Å². The zero-order chi connectivity index (χ0) is 26.7. The van der Waals surface area contributed by atoms with Crippen LogP contribution < -0.4 is 9.47 Å². The van der Waals surface area contributed by atoms with Crippen molar-refractivity contribution >= 4 is 20.8 Å². The first kappa shape index (κ1) is 32.2. The maximum Gasteiger partial charge on any atom is 0.500 e. The van der Waals surface area contributed by atoms with Crippen LogP contribution in [-0.2, 0) is 18.1 Å². The fraction of sp³-hybridized carbons (Fsp3) is 0.679. The molecule has 0 aliphatic heterocycles. The highest BCUT2D eigenvalue weighted by Crippen LogP contribution is 2.29. The molecule has 1 aromatic carbocycles. The van der Waals surface area contributed by atoms with Crippen molar-refractivity contribution in [3.8, 4) is 11.5 Å². The van der Waals surface area contributed by atoms with Gasteiger partial charge in [0.05, 0.1) is 14.2 Å². The van der Waals surface area contributed by atoms with Crippen LogP contribution in [0.4, 0.5) is 0 Å². The molecule has 0 heterocycles. The highest BCUT2D eigenvalue weighted by Gasteiger charge is 2.39. The average molecular weight is 525 g/mol. The summed E-state index contributed by atoms with van der Waals surface area (Å²) in [5.74, 6) is 0.355. The van der Waals surface area contributed by atoms with Crippen molar-refractivity contribution < 1.29 is 32.7 Å². The van der Waals surface area contributed by atoms with E-state index in [1.807, 2.05) is 26.8 Å². The van der Waals surface area contributed by atoms with Crippen LogP contribution in [-0.4, -0.2) is 53.9 Å². The Morgan fingerprint density at radius 2 is 1.28 bits per heavy atom. The number of rotatable bonds is 22. The molecule has 1 rings (SSSR count). The van der Waals surface area contributed by atoms with Gasteiger partial charge >= 0.3 is 14.8 Å². The first-order valence-electron chi connectivity index (χ1n) is 13.5. The molecule has 206 valence electrons. The number of benzene rings is 1. The van der Waals surface area contributed by atoms with Crippen LogP contribution in [0.5, 0.6) is 11.5 Å². The molecule has 0 amide bonds. The van der Waals surface area contributed by atoms with E-state index in [0.29, 0.717) is 43.3 Å². The molecule has 0 spiro atoms. The van der Waals surface area contributed by atoms with Crippen LogP contribution in [0.2, 0.25) is 6.04 Å². The largest absolute Gasteiger partial charge is 0.500 e. The topological polar surface area (TPSA) is 83.5 Å². The Kier molecular flexibility index (Phi) is 17.2. The minimum Gasteiger partial charge on any atom is -0.493 e. The van der Waals surface area contributed by atoms with Gasteiger partial charge in [-0.3, -0.25) is 0 Å². The number of carboxylic acids is 1. The highest BCUT2D eigenvalue weighted by molar-refractivity contribution is 6.60. The Bertz CT molecular complexity index is 749. The van der Waals surface area contributed by atoms with E-state index in [2.05, 4.69) is 0 Å². The van der Waals surface area contributed by atoms with E-state index in [0.717, 1.165) is 37.3 Å². The summed E-state index contributed by atoms with van der Waals surface area (Å²) in [6, 6.07) is 6.33.